The van der Waals surface area contributed by atoms with Crippen molar-refractivity contribution in [3.05, 3.63) is 35.2 Å². The molecular formula is C20H31N3. The fourth-order valence-electron chi connectivity index (χ4n) is 5.32. The van der Waals surface area contributed by atoms with Crippen molar-refractivity contribution in [1.29, 1.82) is 0 Å². The Labute approximate surface area is 141 Å². The highest BCUT2D eigenvalue weighted by atomic mass is 15.4. The van der Waals surface area contributed by atoms with Crippen molar-refractivity contribution >= 4 is 0 Å². The van der Waals surface area contributed by atoms with Gasteiger partial charge in [-0.2, -0.15) is 0 Å². The van der Waals surface area contributed by atoms with E-state index in [4.69, 9.17) is 0 Å². The first-order chi connectivity index (χ1) is 11.1. The molecule has 2 unspecified atom stereocenters. The summed E-state index contributed by atoms with van der Waals surface area (Å²) in [5.41, 5.74) is 4.75. The second-order valence-electron chi connectivity index (χ2n) is 7.88. The fraction of sp³-hybridized carbons (Fsp3) is 0.700. The maximum Gasteiger partial charge on any atom is 0.0548 e. The molecule has 0 saturated carbocycles. The summed E-state index contributed by atoms with van der Waals surface area (Å²) in [6, 6.07) is 2.49. The van der Waals surface area contributed by atoms with Crippen LogP contribution >= 0.6 is 0 Å². The zero-order valence-electron chi connectivity index (χ0n) is 15.1. The number of hydrogen-bond donors (Lipinski definition) is 0. The Bertz CT molecular complexity index is 571. The molecule has 0 radical (unpaired) electrons. The molecule has 0 amide bonds. The lowest BCUT2D eigenvalue weighted by molar-refractivity contribution is -0.0195. The van der Waals surface area contributed by atoms with Gasteiger partial charge in [0.1, 0.15) is 0 Å². The van der Waals surface area contributed by atoms with E-state index in [9.17, 15) is 0 Å². The second kappa shape index (κ2) is 5.78. The van der Waals surface area contributed by atoms with Crippen LogP contribution in [0.3, 0.4) is 0 Å². The summed E-state index contributed by atoms with van der Waals surface area (Å²) >= 11 is 0. The van der Waals surface area contributed by atoms with Gasteiger partial charge >= 0.3 is 0 Å². The maximum absolute atomic E-state index is 2.78. The predicted octanol–water partition coefficient (Wildman–Crippen LogP) is 3.37. The van der Waals surface area contributed by atoms with Gasteiger partial charge in [-0.25, -0.2) is 0 Å². The number of fused-ring (bicyclic) bond motifs is 4. The lowest BCUT2D eigenvalue weighted by atomic mass is 9.84. The lowest BCUT2D eigenvalue weighted by Gasteiger charge is -2.55. The molecule has 3 heteroatoms. The molecule has 126 valence electrons. The van der Waals surface area contributed by atoms with E-state index in [1.165, 1.54) is 38.0 Å². The number of hydrogen-bond acceptors (Lipinski definition) is 3. The summed E-state index contributed by atoms with van der Waals surface area (Å²) in [5, 5.41) is 0. The predicted molar refractivity (Wildman–Crippen MR) is 96.1 cm³/mol. The molecule has 1 saturated heterocycles. The molecule has 0 spiro atoms. The summed E-state index contributed by atoms with van der Waals surface area (Å²) in [5.74, 6) is 0. The third-order valence-corrected chi connectivity index (χ3v) is 6.36. The van der Waals surface area contributed by atoms with Gasteiger partial charge in [-0.3, -0.25) is 9.80 Å². The zero-order valence-corrected chi connectivity index (χ0v) is 15.1. The minimum Gasteiger partial charge on any atom is -0.343 e. The number of allylic oxidation sites excluding steroid dienone is 2. The molecule has 0 bridgehead atoms. The zero-order chi connectivity index (χ0) is 16.1. The highest BCUT2D eigenvalue weighted by Gasteiger charge is 2.49. The standard InChI is InChI=1S/C20H31N3/c1-5-21-10-11-22(14(2)3)20-18-12-16-8-6-7-9-17(16)23(18)13-15(4)19(20)21/h7,9,13-14,18-20H,5-6,8,10-12H2,1-4H3/t18-,19?,20?/m0/s1. The van der Waals surface area contributed by atoms with E-state index >= 15 is 0 Å². The van der Waals surface area contributed by atoms with E-state index in [2.05, 4.69) is 60.7 Å². The first-order valence-electron chi connectivity index (χ1n) is 9.46. The van der Waals surface area contributed by atoms with E-state index in [-0.39, 0.29) is 0 Å². The molecule has 4 aliphatic rings. The van der Waals surface area contributed by atoms with Crippen LogP contribution in [0.1, 0.15) is 47.0 Å². The smallest absolute Gasteiger partial charge is 0.0548 e. The summed E-state index contributed by atoms with van der Waals surface area (Å²) < 4.78 is 0. The molecule has 23 heavy (non-hydrogen) atoms. The van der Waals surface area contributed by atoms with Gasteiger partial charge in [0, 0.05) is 37.1 Å². The Kier molecular flexibility index (Phi) is 3.89. The van der Waals surface area contributed by atoms with Crippen LogP contribution in [0.15, 0.2) is 35.2 Å². The lowest BCUT2D eigenvalue weighted by Crippen LogP contribution is -2.68. The van der Waals surface area contributed by atoms with Gasteiger partial charge in [0.25, 0.3) is 0 Å². The summed E-state index contributed by atoms with van der Waals surface area (Å²) in [4.78, 5) is 8.11. The minimum atomic E-state index is 0.600. The van der Waals surface area contributed by atoms with Crippen molar-refractivity contribution in [2.24, 2.45) is 0 Å². The highest BCUT2D eigenvalue weighted by molar-refractivity contribution is 5.40. The van der Waals surface area contributed by atoms with Gasteiger partial charge in [-0.1, -0.05) is 13.0 Å². The van der Waals surface area contributed by atoms with Crippen LogP contribution < -0.4 is 0 Å². The van der Waals surface area contributed by atoms with Gasteiger partial charge in [-0.05, 0) is 63.8 Å². The second-order valence-corrected chi connectivity index (χ2v) is 7.88. The Balaban J connectivity index is 1.74. The van der Waals surface area contributed by atoms with Crippen LogP contribution in [0.2, 0.25) is 0 Å². The molecule has 0 aromatic rings. The average molecular weight is 313 g/mol. The van der Waals surface area contributed by atoms with Crippen LogP contribution in [-0.2, 0) is 0 Å². The summed E-state index contributed by atoms with van der Waals surface area (Å²) in [6.45, 7) is 13.0. The normalized spacial score (nSPS) is 34.6. The highest BCUT2D eigenvalue weighted by Crippen LogP contribution is 2.44. The van der Waals surface area contributed by atoms with Crippen molar-refractivity contribution in [2.75, 3.05) is 19.6 Å². The van der Waals surface area contributed by atoms with Gasteiger partial charge in [-0.15, -0.1) is 0 Å². The third-order valence-electron chi connectivity index (χ3n) is 6.36. The number of nitrogens with zero attached hydrogens (tertiary/aromatic N) is 3. The van der Waals surface area contributed by atoms with E-state index in [0.717, 1.165) is 6.54 Å². The van der Waals surface area contributed by atoms with Gasteiger partial charge < -0.3 is 4.90 Å². The molecular weight excluding hydrogens is 282 g/mol. The van der Waals surface area contributed by atoms with E-state index < -0.39 is 0 Å². The molecule has 3 aliphatic heterocycles. The third kappa shape index (κ3) is 2.32. The Hall–Kier alpha value is -1.06. The molecule has 1 fully saturated rings. The van der Waals surface area contributed by atoms with E-state index in [0.29, 0.717) is 24.2 Å². The quantitative estimate of drug-likeness (QED) is 0.774. The van der Waals surface area contributed by atoms with Crippen LogP contribution in [0.4, 0.5) is 0 Å². The summed E-state index contributed by atoms with van der Waals surface area (Å²) in [6.07, 6.45) is 11.0. The van der Waals surface area contributed by atoms with Crippen LogP contribution in [0.5, 0.6) is 0 Å². The summed E-state index contributed by atoms with van der Waals surface area (Å²) in [7, 11) is 0. The average Bonchev–Trinajstić information content (AvgIpc) is 2.92. The first-order valence-corrected chi connectivity index (χ1v) is 9.46. The van der Waals surface area contributed by atoms with Crippen molar-refractivity contribution in [3.63, 3.8) is 0 Å². The molecule has 1 aliphatic carbocycles. The molecule has 3 nitrogen and oxygen atoms in total. The molecule has 0 aromatic heterocycles. The molecule has 0 N–H and O–H groups in total. The van der Waals surface area contributed by atoms with Crippen LogP contribution in [0, 0.1) is 0 Å². The molecule has 4 rings (SSSR count). The van der Waals surface area contributed by atoms with Crippen molar-refractivity contribution in [3.8, 4) is 0 Å². The fourth-order valence-corrected chi connectivity index (χ4v) is 5.32. The van der Waals surface area contributed by atoms with Crippen LogP contribution in [0.25, 0.3) is 0 Å². The van der Waals surface area contributed by atoms with E-state index in [1.807, 2.05) is 0 Å². The van der Waals surface area contributed by atoms with Crippen LogP contribution in [-0.4, -0.2) is 58.5 Å². The van der Waals surface area contributed by atoms with Gasteiger partial charge in [0.15, 0.2) is 0 Å². The SMILES string of the molecule is CCN1CCN(C(C)C)C2C1C(C)=CN1C3=C(CCC=C3)C[C@@H]21. The largest absolute Gasteiger partial charge is 0.343 e. The number of piperazine rings is 1. The van der Waals surface area contributed by atoms with Gasteiger partial charge in [0.05, 0.1) is 12.1 Å². The first kappa shape index (κ1) is 15.5. The monoisotopic (exact) mass is 313 g/mol. The Morgan fingerprint density at radius 3 is 2.83 bits per heavy atom. The van der Waals surface area contributed by atoms with Crippen molar-refractivity contribution < 1.29 is 0 Å². The van der Waals surface area contributed by atoms with E-state index in [1.54, 1.807) is 11.1 Å². The van der Waals surface area contributed by atoms with Gasteiger partial charge in [0.2, 0.25) is 0 Å². The minimum absolute atomic E-state index is 0.600. The Morgan fingerprint density at radius 2 is 2.09 bits per heavy atom. The Morgan fingerprint density at radius 1 is 1.26 bits per heavy atom. The molecule has 0 aromatic carbocycles. The maximum atomic E-state index is 2.78. The molecule has 3 atom stereocenters. The number of likely N-dealkylation sites (N-methyl/N-ethyl adjacent to an activating group) is 1. The number of rotatable bonds is 2. The van der Waals surface area contributed by atoms with Crippen molar-refractivity contribution in [2.45, 2.75) is 71.1 Å². The molecule has 3 heterocycles. The van der Waals surface area contributed by atoms with Crippen molar-refractivity contribution in [1.82, 2.24) is 14.7 Å². The topological polar surface area (TPSA) is 9.72 Å².